The topological polar surface area (TPSA) is 57.9 Å². The highest BCUT2D eigenvalue weighted by Gasteiger charge is 2.50. The van der Waals surface area contributed by atoms with Crippen LogP contribution in [-0.2, 0) is 0 Å². The van der Waals surface area contributed by atoms with Crippen LogP contribution in [0.25, 0.3) is 0 Å². The molecule has 1 aromatic rings. The van der Waals surface area contributed by atoms with Gasteiger partial charge in [0.1, 0.15) is 5.84 Å². The van der Waals surface area contributed by atoms with E-state index in [1.54, 1.807) is 37.8 Å². The van der Waals surface area contributed by atoms with Gasteiger partial charge in [-0.2, -0.15) is 0 Å². The van der Waals surface area contributed by atoms with Crippen molar-refractivity contribution in [1.29, 1.82) is 0 Å². The van der Waals surface area contributed by atoms with Crippen LogP contribution in [0.2, 0.25) is 0 Å². The number of allylic oxidation sites excluding steroid dienone is 2. The molecule has 2 aliphatic rings. The number of hydrogen-bond acceptors (Lipinski definition) is 5. The summed E-state index contributed by atoms with van der Waals surface area (Å²) in [6.45, 7) is 6.56. The van der Waals surface area contributed by atoms with E-state index in [1.165, 1.54) is 0 Å². The van der Waals surface area contributed by atoms with Crippen LogP contribution in [0.3, 0.4) is 0 Å². The first-order valence-electron chi connectivity index (χ1n) is 7.22. The summed E-state index contributed by atoms with van der Waals surface area (Å²) in [6.07, 6.45) is 9.37. The Labute approximate surface area is 129 Å². The van der Waals surface area contributed by atoms with Crippen LogP contribution < -0.4 is 0 Å². The maximum absolute atomic E-state index is 12.9. The van der Waals surface area contributed by atoms with Gasteiger partial charge in [0.2, 0.25) is 0 Å². The second-order valence-corrected chi connectivity index (χ2v) is 5.59. The van der Waals surface area contributed by atoms with Crippen LogP contribution in [-0.4, -0.2) is 41.3 Å². The Hall–Kier alpha value is -2.56. The molecule has 0 radical (unpaired) electrons. The average Bonchev–Trinajstić information content (AvgIpc) is 2.87. The molecular formula is C17H18N4O. The lowest BCUT2D eigenvalue weighted by atomic mass is 9.78. The SMILES string of the molecule is C=C/C(=C\C=NC)N1CCC2(C)C(=O)c3ccncc3N=C12. The number of aromatic nitrogens is 1. The largest absolute Gasteiger partial charge is 0.329 e. The van der Waals surface area contributed by atoms with Crippen LogP contribution in [0.5, 0.6) is 0 Å². The maximum Gasteiger partial charge on any atom is 0.178 e. The predicted molar refractivity (Wildman–Crippen MR) is 87.8 cm³/mol. The Balaban J connectivity index is 2.12. The van der Waals surface area contributed by atoms with Gasteiger partial charge in [-0.3, -0.25) is 14.8 Å². The first-order chi connectivity index (χ1) is 10.6. The number of amidine groups is 1. The number of rotatable bonds is 3. The Morgan fingerprint density at radius 2 is 2.36 bits per heavy atom. The molecule has 1 aromatic heterocycles. The quantitative estimate of drug-likeness (QED) is 0.636. The fraction of sp³-hybridized carbons (Fsp3) is 0.294. The molecular weight excluding hydrogens is 276 g/mol. The second kappa shape index (κ2) is 5.33. The van der Waals surface area contributed by atoms with Crippen molar-refractivity contribution in [3.63, 3.8) is 0 Å². The number of ketones is 1. The predicted octanol–water partition coefficient (Wildman–Crippen LogP) is 2.79. The highest BCUT2D eigenvalue weighted by molar-refractivity contribution is 6.21. The van der Waals surface area contributed by atoms with E-state index < -0.39 is 5.41 Å². The van der Waals surface area contributed by atoms with E-state index in [-0.39, 0.29) is 5.78 Å². The molecule has 2 aliphatic heterocycles. The highest BCUT2D eigenvalue weighted by atomic mass is 16.1. The smallest absolute Gasteiger partial charge is 0.178 e. The minimum atomic E-state index is -0.584. The summed E-state index contributed by atoms with van der Waals surface area (Å²) in [4.78, 5) is 27.7. The minimum Gasteiger partial charge on any atom is -0.329 e. The number of carbonyl (C=O) groups is 1. The molecule has 1 fully saturated rings. The molecule has 0 aliphatic carbocycles. The number of Topliss-reactive ketones (excluding diaryl/α,β-unsaturated/α-hetero) is 1. The van der Waals surface area contributed by atoms with E-state index in [9.17, 15) is 4.79 Å². The van der Waals surface area contributed by atoms with Crippen LogP contribution in [0.15, 0.2) is 52.9 Å². The van der Waals surface area contributed by atoms with Gasteiger partial charge in [-0.25, -0.2) is 4.99 Å². The molecule has 1 atom stereocenters. The summed E-state index contributed by atoms with van der Waals surface area (Å²) in [5.41, 5.74) is 1.61. The van der Waals surface area contributed by atoms with E-state index in [4.69, 9.17) is 4.99 Å². The first kappa shape index (κ1) is 14.4. The van der Waals surface area contributed by atoms with Crippen molar-refractivity contribution >= 4 is 23.5 Å². The van der Waals surface area contributed by atoms with Gasteiger partial charge in [-0.1, -0.05) is 6.58 Å². The van der Waals surface area contributed by atoms with Gasteiger partial charge in [-0.05, 0) is 31.6 Å². The van der Waals surface area contributed by atoms with Gasteiger partial charge in [0.15, 0.2) is 5.78 Å². The summed E-state index contributed by atoms with van der Waals surface area (Å²) in [6, 6.07) is 1.75. The third-order valence-corrected chi connectivity index (χ3v) is 4.27. The molecule has 3 rings (SSSR count). The molecule has 22 heavy (non-hydrogen) atoms. The average molecular weight is 294 g/mol. The number of pyridine rings is 1. The first-order valence-corrected chi connectivity index (χ1v) is 7.22. The van der Waals surface area contributed by atoms with Crippen molar-refractivity contribution in [2.75, 3.05) is 13.6 Å². The lowest BCUT2D eigenvalue weighted by Crippen LogP contribution is -2.40. The summed E-state index contributed by atoms with van der Waals surface area (Å²) >= 11 is 0. The molecule has 5 nitrogen and oxygen atoms in total. The third-order valence-electron chi connectivity index (χ3n) is 4.27. The van der Waals surface area contributed by atoms with E-state index in [2.05, 4.69) is 16.6 Å². The maximum atomic E-state index is 12.9. The lowest BCUT2D eigenvalue weighted by Gasteiger charge is -2.30. The van der Waals surface area contributed by atoms with Crippen molar-refractivity contribution in [3.8, 4) is 0 Å². The standard InChI is InChI=1S/C17H18N4O/c1-4-12(5-8-18-3)21-10-7-17(2)15(22)13-6-9-19-11-14(13)20-16(17)21/h4-6,8-9,11H,1,7,10H2,2-3H3/b12-5+,18-8?. The molecule has 0 aromatic carbocycles. The van der Waals surface area contributed by atoms with Crippen molar-refractivity contribution in [2.24, 2.45) is 15.4 Å². The molecule has 1 saturated heterocycles. The summed E-state index contributed by atoms with van der Waals surface area (Å²) < 4.78 is 0. The normalized spacial score (nSPS) is 24.3. The molecule has 5 heteroatoms. The zero-order valence-electron chi connectivity index (χ0n) is 12.8. The van der Waals surface area contributed by atoms with Crippen molar-refractivity contribution in [2.45, 2.75) is 13.3 Å². The Morgan fingerprint density at radius 1 is 1.55 bits per heavy atom. The van der Waals surface area contributed by atoms with Gasteiger partial charge in [0.25, 0.3) is 0 Å². The molecule has 112 valence electrons. The summed E-state index contributed by atoms with van der Waals surface area (Å²) in [7, 11) is 1.72. The fourth-order valence-corrected chi connectivity index (χ4v) is 3.00. The molecule has 0 bridgehead atoms. The number of likely N-dealkylation sites (tertiary alicyclic amines) is 1. The zero-order chi connectivity index (χ0) is 15.7. The number of fused-ring (bicyclic) bond motifs is 2. The van der Waals surface area contributed by atoms with E-state index in [1.807, 2.05) is 17.9 Å². The van der Waals surface area contributed by atoms with Gasteiger partial charge < -0.3 is 4.90 Å². The van der Waals surface area contributed by atoms with Gasteiger partial charge in [0.05, 0.1) is 17.3 Å². The highest BCUT2D eigenvalue weighted by Crippen LogP contribution is 2.43. The Kier molecular flexibility index (Phi) is 3.48. The van der Waals surface area contributed by atoms with Crippen LogP contribution in [0, 0.1) is 5.41 Å². The van der Waals surface area contributed by atoms with Gasteiger partial charge in [0, 0.05) is 37.3 Å². The van der Waals surface area contributed by atoms with Crippen LogP contribution >= 0.6 is 0 Å². The summed E-state index contributed by atoms with van der Waals surface area (Å²) in [5.74, 6) is 0.888. The lowest BCUT2D eigenvalue weighted by molar-refractivity contribution is 0.0887. The van der Waals surface area contributed by atoms with Crippen molar-refractivity contribution < 1.29 is 4.79 Å². The minimum absolute atomic E-state index is 0.116. The molecule has 0 amide bonds. The monoisotopic (exact) mass is 294 g/mol. The molecule has 0 N–H and O–H groups in total. The third kappa shape index (κ3) is 2.01. The van der Waals surface area contributed by atoms with E-state index in [0.29, 0.717) is 11.3 Å². The number of hydrogen-bond donors (Lipinski definition) is 0. The van der Waals surface area contributed by atoms with Gasteiger partial charge >= 0.3 is 0 Å². The molecule has 1 unspecified atom stereocenters. The van der Waals surface area contributed by atoms with Crippen molar-refractivity contribution in [1.82, 2.24) is 9.88 Å². The van der Waals surface area contributed by atoms with E-state index in [0.717, 1.165) is 24.5 Å². The second-order valence-electron chi connectivity index (χ2n) is 5.59. The number of aliphatic imine (C=N–C) groups is 2. The number of carbonyl (C=O) groups excluding carboxylic acids is 1. The van der Waals surface area contributed by atoms with Crippen LogP contribution in [0.1, 0.15) is 23.7 Å². The molecule has 3 heterocycles. The number of nitrogens with zero attached hydrogens (tertiary/aromatic N) is 4. The Bertz CT molecular complexity index is 732. The van der Waals surface area contributed by atoms with Crippen molar-refractivity contribution in [3.05, 3.63) is 48.5 Å². The zero-order valence-corrected chi connectivity index (χ0v) is 12.8. The summed E-state index contributed by atoms with van der Waals surface area (Å²) in [5, 5.41) is 0. The molecule has 0 saturated carbocycles. The molecule has 0 spiro atoms. The Morgan fingerprint density at radius 3 is 3.09 bits per heavy atom. The van der Waals surface area contributed by atoms with Crippen LogP contribution in [0.4, 0.5) is 5.69 Å². The fourth-order valence-electron chi connectivity index (χ4n) is 3.00. The van der Waals surface area contributed by atoms with E-state index >= 15 is 0 Å². The van der Waals surface area contributed by atoms with Gasteiger partial charge in [-0.15, -0.1) is 0 Å².